The molecule has 1 saturated carbocycles. The van der Waals surface area contributed by atoms with E-state index in [1.54, 1.807) is 4.90 Å². The van der Waals surface area contributed by atoms with E-state index in [1.807, 2.05) is 0 Å². The summed E-state index contributed by atoms with van der Waals surface area (Å²) in [7, 11) is 0. The number of hydrogen-bond donors (Lipinski definition) is 2. The predicted octanol–water partition coefficient (Wildman–Crippen LogP) is 2.22. The van der Waals surface area contributed by atoms with Gasteiger partial charge in [-0.05, 0) is 31.6 Å². The molecule has 1 aliphatic carbocycles. The van der Waals surface area contributed by atoms with E-state index < -0.39 is 5.97 Å². The summed E-state index contributed by atoms with van der Waals surface area (Å²) >= 11 is 0. The molecule has 0 aromatic carbocycles. The van der Waals surface area contributed by atoms with Crippen molar-refractivity contribution < 1.29 is 14.7 Å². The normalized spacial score (nSPS) is 23.8. The second-order valence-corrected chi connectivity index (χ2v) is 5.76. The molecule has 1 unspecified atom stereocenters. The van der Waals surface area contributed by atoms with Gasteiger partial charge in [0.15, 0.2) is 0 Å². The van der Waals surface area contributed by atoms with Crippen molar-refractivity contribution in [1.29, 1.82) is 0 Å². The minimum absolute atomic E-state index is 0.0655. The minimum Gasteiger partial charge on any atom is -0.481 e. The fourth-order valence-corrected chi connectivity index (χ4v) is 2.95. The molecule has 108 valence electrons. The van der Waals surface area contributed by atoms with Gasteiger partial charge in [0, 0.05) is 19.1 Å². The van der Waals surface area contributed by atoms with Crippen molar-refractivity contribution in [3.8, 4) is 0 Å². The van der Waals surface area contributed by atoms with Gasteiger partial charge in [-0.25, -0.2) is 4.79 Å². The summed E-state index contributed by atoms with van der Waals surface area (Å²) in [5, 5.41) is 11.8. The first-order valence-corrected chi connectivity index (χ1v) is 7.43. The largest absolute Gasteiger partial charge is 0.481 e. The van der Waals surface area contributed by atoms with Crippen LogP contribution in [0.4, 0.5) is 4.79 Å². The van der Waals surface area contributed by atoms with Crippen molar-refractivity contribution in [2.45, 2.75) is 57.4 Å². The third-order valence-electron chi connectivity index (χ3n) is 4.35. The maximum absolute atomic E-state index is 12.1. The van der Waals surface area contributed by atoms with Crippen LogP contribution in [0.3, 0.4) is 0 Å². The Bertz CT molecular complexity index is 329. The molecule has 2 fully saturated rings. The van der Waals surface area contributed by atoms with Gasteiger partial charge in [-0.15, -0.1) is 0 Å². The van der Waals surface area contributed by atoms with Gasteiger partial charge >= 0.3 is 12.0 Å². The molecule has 19 heavy (non-hydrogen) atoms. The Morgan fingerprint density at radius 3 is 2.58 bits per heavy atom. The van der Waals surface area contributed by atoms with E-state index in [9.17, 15) is 9.59 Å². The SMILES string of the molecule is O=C(O)CC1CCCCN1C(=O)NCCC1CCC1. The smallest absolute Gasteiger partial charge is 0.317 e. The molecular weight excluding hydrogens is 244 g/mol. The van der Waals surface area contributed by atoms with E-state index in [4.69, 9.17) is 5.11 Å². The van der Waals surface area contributed by atoms with Gasteiger partial charge in [0.05, 0.1) is 6.42 Å². The summed E-state index contributed by atoms with van der Waals surface area (Å²) < 4.78 is 0. The number of nitrogens with zero attached hydrogens (tertiary/aromatic N) is 1. The van der Waals surface area contributed by atoms with Crippen molar-refractivity contribution in [3.05, 3.63) is 0 Å². The fraction of sp³-hybridized carbons (Fsp3) is 0.857. The second-order valence-electron chi connectivity index (χ2n) is 5.76. The van der Waals surface area contributed by atoms with Crippen molar-refractivity contribution in [2.24, 2.45) is 5.92 Å². The monoisotopic (exact) mass is 268 g/mol. The lowest BCUT2D eigenvalue weighted by molar-refractivity contribution is -0.138. The number of likely N-dealkylation sites (tertiary alicyclic amines) is 1. The number of carboxylic acid groups (broad SMARTS) is 1. The van der Waals surface area contributed by atoms with E-state index in [-0.39, 0.29) is 18.5 Å². The van der Waals surface area contributed by atoms with Crippen molar-refractivity contribution in [3.63, 3.8) is 0 Å². The number of piperidine rings is 1. The molecule has 2 rings (SSSR count). The number of rotatable bonds is 5. The van der Waals surface area contributed by atoms with Gasteiger partial charge in [-0.2, -0.15) is 0 Å². The summed E-state index contributed by atoms with van der Waals surface area (Å²) in [4.78, 5) is 24.6. The molecule has 2 N–H and O–H groups in total. The number of hydrogen-bond acceptors (Lipinski definition) is 2. The molecule has 5 nitrogen and oxygen atoms in total. The Kier molecular flexibility index (Phi) is 5.05. The van der Waals surface area contributed by atoms with Gasteiger partial charge in [-0.3, -0.25) is 4.79 Å². The topological polar surface area (TPSA) is 69.6 Å². The van der Waals surface area contributed by atoms with E-state index in [0.717, 1.165) is 38.1 Å². The highest BCUT2D eigenvalue weighted by Gasteiger charge is 2.28. The molecule has 1 saturated heterocycles. The summed E-state index contributed by atoms with van der Waals surface area (Å²) in [6.07, 6.45) is 7.84. The molecule has 1 aliphatic heterocycles. The molecule has 0 aromatic rings. The van der Waals surface area contributed by atoms with Gasteiger partial charge < -0.3 is 15.3 Å². The van der Waals surface area contributed by atoms with Crippen LogP contribution >= 0.6 is 0 Å². The van der Waals surface area contributed by atoms with Crippen molar-refractivity contribution >= 4 is 12.0 Å². The van der Waals surface area contributed by atoms with Gasteiger partial charge in [0.25, 0.3) is 0 Å². The second kappa shape index (κ2) is 6.78. The number of carboxylic acids is 1. The first kappa shape index (κ1) is 14.2. The number of carbonyl (C=O) groups excluding carboxylic acids is 1. The number of nitrogens with one attached hydrogen (secondary N) is 1. The average Bonchev–Trinajstić information content (AvgIpc) is 2.32. The Morgan fingerprint density at radius 1 is 1.16 bits per heavy atom. The quantitative estimate of drug-likeness (QED) is 0.803. The number of carbonyl (C=O) groups is 2. The highest BCUT2D eigenvalue weighted by molar-refractivity contribution is 5.76. The van der Waals surface area contributed by atoms with Crippen LogP contribution in [0.25, 0.3) is 0 Å². The Hall–Kier alpha value is -1.26. The van der Waals surface area contributed by atoms with Crippen LogP contribution in [0, 0.1) is 5.92 Å². The van der Waals surface area contributed by atoms with Crippen LogP contribution < -0.4 is 5.32 Å². The average molecular weight is 268 g/mol. The van der Waals surface area contributed by atoms with E-state index in [1.165, 1.54) is 19.3 Å². The zero-order chi connectivity index (χ0) is 13.7. The maximum atomic E-state index is 12.1. The molecular formula is C14H24N2O3. The molecule has 2 aliphatic rings. The molecule has 2 amide bonds. The molecule has 1 atom stereocenters. The van der Waals surface area contributed by atoms with Gasteiger partial charge in [-0.1, -0.05) is 19.3 Å². The lowest BCUT2D eigenvalue weighted by Crippen LogP contribution is -2.49. The summed E-state index contributed by atoms with van der Waals surface area (Å²) in [6, 6.07) is -0.208. The molecule has 0 aromatic heterocycles. The Balaban J connectivity index is 1.75. The molecule has 1 heterocycles. The Morgan fingerprint density at radius 2 is 1.95 bits per heavy atom. The van der Waals surface area contributed by atoms with E-state index in [2.05, 4.69) is 5.32 Å². The summed E-state index contributed by atoms with van der Waals surface area (Å²) in [5.74, 6) is -0.0318. The molecule has 0 radical (unpaired) electrons. The van der Waals surface area contributed by atoms with Crippen molar-refractivity contribution in [2.75, 3.05) is 13.1 Å². The van der Waals surface area contributed by atoms with Crippen LogP contribution in [0.15, 0.2) is 0 Å². The van der Waals surface area contributed by atoms with Crippen LogP contribution in [0.1, 0.15) is 51.4 Å². The molecule has 5 heteroatoms. The summed E-state index contributed by atoms with van der Waals surface area (Å²) in [5.41, 5.74) is 0. The summed E-state index contributed by atoms with van der Waals surface area (Å²) in [6.45, 7) is 1.41. The van der Waals surface area contributed by atoms with Crippen LogP contribution in [0.5, 0.6) is 0 Å². The fourth-order valence-electron chi connectivity index (χ4n) is 2.95. The van der Waals surface area contributed by atoms with Gasteiger partial charge in [0.1, 0.15) is 0 Å². The lowest BCUT2D eigenvalue weighted by Gasteiger charge is -2.35. The van der Waals surface area contributed by atoms with Crippen LogP contribution in [-0.4, -0.2) is 41.1 Å². The van der Waals surface area contributed by atoms with Gasteiger partial charge in [0.2, 0.25) is 0 Å². The first-order chi connectivity index (χ1) is 9.16. The standard InChI is InChI=1S/C14H24N2O3/c17-13(18)10-12-6-1-2-9-16(12)14(19)15-8-7-11-4-3-5-11/h11-12H,1-10H2,(H,15,19)(H,17,18). The van der Waals surface area contributed by atoms with Crippen molar-refractivity contribution in [1.82, 2.24) is 10.2 Å². The minimum atomic E-state index is -0.820. The third kappa shape index (κ3) is 4.11. The highest BCUT2D eigenvalue weighted by Crippen LogP contribution is 2.28. The zero-order valence-electron chi connectivity index (χ0n) is 11.4. The third-order valence-corrected chi connectivity index (χ3v) is 4.35. The predicted molar refractivity (Wildman–Crippen MR) is 72.0 cm³/mol. The van der Waals surface area contributed by atoms with E-state index in [0.29, 0.717) is 6.54 Å². The molecule has 0 spiro atoms. The van der Waals surface area contributed by atoms with Crippen LogP contribution in [-0.2, 0) is 4.79 Å². The lowest BCUT2D eigenvalue weighted by atomic mass is 9.83. The first-order valence-electron chi connectivity index (χ1n) is 7.43. The number of amides is 2. The Labute approximate surface area is 114 Å². The number of urea groups is 1. The van der Waals surface area contributed by atoms with Crippen LogP contribution in [0.2, 0.25) is 0 Å². The highest BCUT2D eigenvalue weighted by atomic mass is 16.4. The number of aliphatic carboxylic acids is 1. The maximum Gasteiger partial charge on any atom is 0.317 e. The van der Waals surface area contributed by atoms with E-state index >= 15 is 0 Å². The zero-order valence-corrected chi connectivity index (χ0v) is 11.4. The molecule has 0 bridgehead atoms.